The minimum atomic E-state index is 0.163. The number of aromatic nitrogens is 3. The first kappa shape index (κ1) is 13.8. The fourth-order valence-electron chi connectivity index (χ4n) is 1.91. The third kappa shape index (κ3) is 3.92. The molecular formula is C12H23N7. The Morgan fingerprint density at radius 1 is 1.11 bits per heavy atom. The summed E-state index contributed by atoms with van der Waals surface area (Å²) in [5, 5.41) is 3.24. The Balaban J connectivity index is 2.15. The molecule has 0 radical (unpaired) electrons. The molecule has 7 nitrogen and oxygen atoms in total. The molecule has 1 aliphatic heterocycles. The molecule has 0 unspecified atom stereocenters. The number of anilines is 3. The maximum Gasteiger partial charge on any atom is 0.243 e. The highest BCUT2D eigenvalue weighted by atomic mass is 15.4. The van der Waals surface area contributed by atoms with Crippen LogP contribution in [-0.4, -0.2) is 34.6 Å². The van der Waals surface area contributed by atoms with Gasteiger partial charge in [-0.25, -0.2) is 5.84 Å². The van der Waals surface area contributed by atoms with Crippen molar-refractivity contribution < 1.29 is 0 Å². The third-order valence-electron chi connectivity index (χ3n) is 2.92. The Morgan fingerprint density at radius 2 is 1.74 bits per heavy atom. The van der Waals surface area contributed by atoms with E-state index in [1.165, 1.54) is 12.8 Å². The van der Waals surface area contributed by atoms with E-state index in [-0.39, 0.29) is 5.41 Å². The molecular weight excluding hydrogens is 242 g/mol. The molecule has 0 saturated carbocycles. The van der Waals surface area contributed by atoms with E-state index in [0.29, 0.717) is 17.8 Å². The molecule has 4 N–H and O–H groups in total. The largest absolute Gasteiger partial charge is 0.353 e. The molecule has 106 valence electrons. The van der Waals surface area contributed by atoms with Crippen LogP contribution in [-0.2, 0) is 0 Å². The normalized spacial score (nSPS) is 15.7. The quantitative estimate of drug-likeness (QED) is 0.556. The summed E-state index contributed by atoms with van der Waals surface area (Å²) in [6, 6.07) is 0. The topological polar surface area (TPSA) is 92.0 Å². The summed E-state index contributed by atoms with van der Waals surface area (Å²) in [5.74, 6) is 7.08. The van der Waals surface area contributed by atoms with Gasteiger partial charge in [-0.05, 0) is 18.3 Å². The fraction of sp³-hybridized carbons (Fsp3) is 0.750. The van der Waals surface area contributed by atoms with E-state index in [9.17, 15) is 0 Å². The number of hydrazine groups is 1. The van der Waals surface area contributed by atoms with Crippen LogP contribution < -0.4 is 21.5 Å². The summed E-state index contributed by atoms with van der Waals surface area (Å²) in [7, 11) is 0. The second-order valence-corrected chi connectivity index (χ2v) is 6.04. The maximum absolute atomic E-state index is 5.42. The number of rotatable bonds is 4. The lowest BCUT2D eigenvalue weighted by Crippen LogP contribution is -2.25. The van der Waals surface area contributed by atoms with Crippen LogP contribution in [0.5, 0.6) is 0 Å². The van der Waals surface area contributed by atoms with Crippen molar-refractivity contribution in [3.8, 4) is 0 Å². The molecule has 0 aliphatic carbocycles. The first-order valence-electron chi connectivity index (χ1n) is 6.69. The van der Waals surface area contributed by atoms with Crippen LogP contribution >= 0.6 is 0 Å². The average Bonchev–Trinajstić information content (AvgIpc) is 2.89. The van der Waals surface area contributed by atoms with E-state index in [1.807, 2.05) is 0 Å². The molecule has 1 aliphatic rings. The molecule has 0 aromatic carbocycles. The molecule has 0 bridgehead atoms. The smallest absolute Gasteiger partial charge is 0.243 e. The van der Waals surface area contributed by atoms with E-state index >= 15 is 0 Å². The van der Waals surface area contributed by atoms with Gasteiger partial charge in [-0.2, -0.15) is 15.0 Å². The second kappa shape index (κ2) is 5.56. The molecule has 0 amide bonds. The lowest BCUT2D eigenvalue weighted by molar-refractivity contribution is 0.441. The van der Waals surface area contributed by atoms with Crippen LogP contribution in [0.25, 0.3) is 0 Å². The predicted octanol–water partition coefficient (Wildman–Crippen LogP) is 1.22. The van der Waals surface area contributed by atoms with E-state index in [0.717, 1.165) is 19.6 Å². The zero-order chi connectivity index (χ0) is 13.9. The van der Waals surface area contributed by atoms with Gasteiger partial charge in [0.2, 0.25) is 17.8 Å². The van der Waals surface area contributed by atoms with Crippen molar-refractivity contribution in [2.75, 3.05) is 35.3 Å². The summed E-state index contributed by atoms with van der Waals surface area (Å²) in [6.45, 7) is 9.25. The van der Waals surface area contributed by atoms with Gasteiger partial charge in [-0.1, -0.05) is 20.8 Å². The first-order valence-corrected chi connectivity index (χ1v) is 6.69. The monoisotopic (exact) mass is 265 g/mol. The predicted molar refractivity (Wildman–Crippen MR) is 77.0 cm³/mol. The maximum atomic E-state index is 5.42. The van der Waals surface area contributed by atoms with Crippen LogP contribution in [0.3, 0.4) is 0 Å². The summed E-state index contributed by atoms with van der Waals surface area (Å²) in [4.78, 5) is 15.2. The third-order valence-corrected chi connectivity index (χ3v) is 2.92. The number of nitrogens with zero attached hydrogens (tertiary/aromatic N) is 4. The molecule has 1 fully saturated rings. The molecule has 2 rings (SSSR count). The van der Waals surface area contributed by atoms with Crippen LogP contribution in [0, 0.1) is 5.41 Å². The van der Waals surface area contributed by atoms with E-state index in [2.05, 4.69) is 51.4 Å². The Labute approximate surface area is 114 Å². The molecule has 1 aromatic heterocycles. The number of nitrogens with one attached hydrogen (secondary N) is 2. The molecule has 19 heavy (non-hydrogen) atoms. The summed E-state index contributed by atoms with van der Waals surface area (Å²) >= 11 is 0. The molecule has 7 heteroatoms. The van der Waals surface area contributed by atoms with Crippen molar-refractivity contribution in [1.29, 1.82) is 0 Å². The summed E-state index contributed by atoms with van der Waals surface area (Å²) < 4.78 is 0. The van der Waals surface area contributed by atoms with Crippen LogP contribution in [0.15, 0.2) is 0 Å². The van der Waals surface area contributed by atoms with Crippen molar-refractivity contribution in [2.24, 2.45) is 11.3 Å². The van der Waals surface area contributed by atoms with Gasteiger partial charge >= 0.3 is 0 Å². The highest BCUT2D eigenvalue weighted by Crippen LogP contribution is 2.19. The minimum Gasteiger partial charge on any atom is -0.353 e. The Hall–Kier alpha value is -1.63. The van der Waals surface area contributed by atoms with Crippen molar-refractivity contribution in [3.05, 3.63) is 0 Å². The molecule has 1 saturated heterocycles. The van der Waals surface area contributed by atoms with Crippen molar-refractivity contribution in [3.63, 3.8) is 0 Å². The van der Waals surface area contributed by atoms with Gasteiger partial charge < -0.3 is 10.2 Å². The minimum absolute atomic E-state index is 0.163. The van der Waals surface area contributed by atoms with E-state index in [4.69, 9.17) is 5.84 Å². The van der Waals surface area contributed by atoms with Gasteiger partial charge in [-0.3, -0.25) is 5.43 Å². The van der Waals surface area contributed by atoms with Gasteiger partial charge in [0.1, 0.15) is 0 Å². The van der Waals surface area contributed by atoms with Gasteiger partial charge in [-0.15, -0.1) is 0 Å². The van der Waals surface area contributed by atoms with E-state index < -0.39 is 0 Å². The van der Waals surface area contributed by atoms with Crippen LogP contribution in [0.1, 0.15) is 33.6 Å². The number of hydrogen-bond acceptors (Lipinski definition) is 7. The molecule has 0 spiro atoms. The summed E-state index contributed by atoms with van der Waals surface area (Å²) in [5.41, 5.74) is 2.66. The molecule has 0 atom stereocenters. The Kier molecular flexibility index (Phi) is 4.04. The van der Waals surface area contributed by atoms with Gasteiger partial charge in [0.05, 0.1) is 0 Å². The fourth-order valence-corrected chi connectivity index (χ4v) is 1.91. The Bertz CT molecular complexity index is 421. The van der Waals surface area contributed by atoms with E-state index in [1.54, 1.807) is 0 Å². The standard InChI is InChI=1S/C12H23N7/c1-12(2,3)8-14-9-15-10(18-13)17-11(16-9)19-6-4-5-7-19/h4-8,13H2,1-3H3,(H2,14,15,16,17,18). The summed E-state index contributed by atoms with van der Waals surface area (Å²) in [6.07, 6.45) is 2.36. The number of hydrogen-bond donors (Lipinski definition) is 3. The SMILES string of the molecule is CC(C)(C)CNc1nc(NN)nc(N2CCCC2)n1. The second-order valence-electron chi connectivity index (χ2n) is 6.04. The lowest BCUT2D eigenvalue weighted by atomic mass is 9.97. The van der Waals surface area contributed by atoms with Gasteiger partial charge in [0, 0.05) is 19.6 Å². The van der Waals surface area contributed by atoms with Crippen LogP contribution in [0.4, 0.5) is 17.8 Å². The first-order chi connectivity index (χ1) is 8.98. The van der Waals surface area contributed by atoms with Crippen molar-refractivity contribution >= 4 is 17.8 Å². The van der Waals surface area contributed by atoms with Crippen LogP contribution in [0.2, 0.25) is 0 Å². The van der Waals surface area contributed by atoms with Gasteiger partial charge in [0.15, 0.2) is 0 Å². The number of nitrogens with two attached hydrogens (primary N) is 1. The molecule has 1 aromatic rings. The zero-order valence-corrected chi connectivity index (χ0v) is 11.9. The number of nitrogen functional groups attached to an aromatic ring is 1. The Morgan fingerprint density at radius 3 is 2.32 bits per heavy atom. The van der Waals surface area contributed by atoms with Crippen molar-refractivity contribution in [2.45, 2.75) is 33.6 Å². The van der Waals surface area contributed by atoms with Gasteiger partial charge in [0.25, 0.3) is 0 Å². The zero-order valence-electron chi connectivity index (χ0n) is 11.9. The lowest BCUT2D eigenvalue weighted by Gasteiger charge is -2.20. The van der Waals surface area contributed by atoms with Crippen molar-refractivity contribution in [1.82, 2.24) is 15.0 Å². The highest BCUT2D eigenvalue weighted by molar-refractivity contribution is 5.43. The highest BCUT2D eigenvalue weighted by Gasteiger charge is 2.18. The average molecular weight is 265 g/mol. The molecule has 2 heterocycles.